The van der Waals surface area contributed by atoms with Crippen molar-refractivity contribution in [2.24, 2.45) is 5.73 Å². The molecular formula is C5H11NOS. The van der Waals surface area contributed by atoms with E-state index >= 15 is 0 Å². The topological polar surface area (TPSA) is 35.2 Å². The summed E-state index contributed by atoms with van der Waals surface area (Å²) in [5.41, 5.74) is 5.15. The minimum atomic E-state index is 0.542. The molecule has 0 radical (unpaired) electrons. The van der Waals surface area contributed by atoms with Gasteiger partial charge in [-0.05, 0) is 12.2 Å². The summed E-state index contributed by atoms with van der Waals surface area (Å²) in [5, 5.41) is 0.649. The zero-order chi connectivity index (χ0) is 6.41. The van der Waals surface area contributed by atoms with Crippen LogP contribution in [0.4, 0.5) is 0 Å². The summed E-state index contributed by atoms with van der Waals surface area (Å²) in [6.07, 6.45) is 0.801. The molecule has 2 N–H and O–H groups in total. The van der Waals surface area contributed by atoms with Crippen molar-refractivity contribution >= 4 is 17.3 Å². The molecule has 2 nitrogen and oxygen atoms in total. The maximum absolute atomic E-state index is 5.15. The van der Waals surface area contributed by atoms with Gasteiger partial charge < -0.3 is 10.5 Å². The highest BCUT2D eigenvalue weighted by atomic mass is 32.1. The van der Waals surface area contributed by atoms with E-state index in [1.807, 2.05) is 6.92 Å². The smallest absolute Gasteiger partial charge is 0.159 e. The zero-order valence-electron chi connectivity index (χ0n) is 5.02. The molecule has 0 spiro atoms. The second kappa shape index (κ2) is 5.00. The lowest BCUT2D eigenvalue weighted by Crippen LogP contribution is -2.11. The third kappa shape index (κ3) is 4.02. The predicted molar refractivity (Wildman–Crippen MR) is 37.9 cm³/mol. The van der Waals surface area contributed by atoms with Gasteiger partial charge in [-0.15, -0.1) is 0 Å². The third-order valence-electron chi connectivity index (χ3n) is 0.670. The molecule has 0 amide bonds. The zero-order valence-corrected chi connectivity index (χ0v) is 5.83. The Balaban J connectivity index is 2.99. The van der Waals surface area contributed by atoms with Gasteiger partial charge in [-0.3, -0.25) is 0 Å². The van der Waals surface area contributed by atoms with Gasteiger partial charge in [0.15, 0.2) is 5.05 Å². The van der Waals surface area contributed by atoms with Crippen molar-refractivity contribution in [1.82, 2.24) is 0 Å². The molecule has 8 heavy (non-hydrogen) atoms. The van der Waals surface area contributed by atoms with E-state index in [1.54, 1.807) is 0 Å². The minimum absolute atomic E-state index is 0.542. The van der Waals surface area contributed by atoms with Gasteiger partial charge in [-0.2, -0.15) is 0 Å². The van der Waals surface area contributed by atoms with Gasteiger partial charge in [0.05, 0.1) is 0 Å². The van der Waals surface area contributed by atoms with Crippen LogP contribution in [0.3, 0.4) is 0 Å². The molecular weight excluding hydrogens is 122 g/mol. The van der Waals surface area contributed by atoms with Gasteiger partial charge in [-0.1, -0.05) is 6.92 Å². The second-order valence-corrected chi connectivity index (χ2v) is 1.82. The summed E-state index contributed by atoms with van der Waals surface area (Å²) in [5.74, 6) is 0. The third-order valence-corrected chi connectivity index (χ3v) is 1.08. The fourth-order valence-electron chi connectivity index (χ4n) is 0.275. The number of ether oxygens (including phenoxy) is 1. The molecule has 0 aromatic rings. The fourth-order valence-corrected chi connectivity index (χ4v) is 0.358. The quantitative estimate of drug-likeness (QED) is 0.575. The Bertz CT molecular complexity index is 74.8. The van der Waals surface area contributed by atoms with E-state index in [0.29, 0.717) is 18.2 Å². The lowest BCUT2D eigenvalue weighted by atomic mass is 10.5. The summed E-state index contributed by atoms with van der Waals surface area (Å²) in [6.45, 7) is 3.05. The molecule has 0 aromatic carbocycles. The van der Waals surface area contributed by atoms with Crippen LogP contribution in [-0.2, 0) is 4.74 Å². The first-order valence-corrected chi connectivity index (χ1v) is 3.07. The Morgan fingerprint density at radius 3 is 2.75 bits per heavy atom. The maximum atomic E-state index is 5.15. The van der Waals surface area contributed by atoms with E-state index in [1.165, 1.54) is 0 Å². The molecule has 0 aromatic heterocycles. The number of hydrogen-bond donors (Lipinski definition) is 1. The SMILES string of the molecule is CCC(=S)OCCN. The van der Waals surface area contributed by atoms with Crippen LogP contribution >= 0.6 is 12.2 Å². The van der Waals surface area contributed by atoms with Crippen molar-refractivity contribution in [3.05, 3.63) is 0 Å². The van der Waals surface area contributed by atoms with Crippen LogP contribution in [0, 0.1) is 0 Å². The molecule has 0 aliphatic heterocycles. The summed E-state index contributed by atoms with van der Waals surface area (Å²) in [6, 6.07) is 0. The maximum Gasteiger partial charge on any atom is 0.159 e. The van der Waals surface area contributed by atoms with Crippen molar-refractivity contribution in [3.8, 4) is 0 Å². The standard InChI is InChI=1S/C5H11NOS/c1-2-5(8)7-4-3-6/h2-4,6H2,1H3. The van der Waals surface area contributed by atoms with Gasteiger partial charge in [0.1, 0.15) is 6.61 Å². The predicted octanol–water partition coefficient (Wildman–Crippen LogP) is 0.699. The molecule has 0 heterocycles. The lowest BCUT2D eigenvalue weighted by Gasteiger charge is -2.00. The first-order chi connectivity index (χ1) is 3.81. The molecule has 0 aliphatic carbocycles. The largest absolute Gasteiger partial charge is 0.486 e. The van der Waals surface area contributed by atoms with Crippen LogP contribution in [0.5, 0.6) is 0 Å². The Hall–Kier alpha value is -0.150. The van der Waals surface area contributed by atoms with E-state index in [0.717, 1.165) is 6.42 Å². The Labute approximate surface area is 55.0 Å². The van der Waals surface area contributed by atoms with Crippen LogP contribution < -0.4 is 5.73 Å². The normalized spacial score (nSPS) is 8.75. The number of nitrogens with two attached hydrogens (primary N) is 1. The molecule has 0 bridgehead atoms. The summed E-state index contributed by atoms with van der Waals surface area (Å²) in [4.78, 5) is 0. The number of thiocarbonyl (C=S) groups is 1. The van der Waals surface area contributed by atoms with Crippen LogP contribution in [0.2, 0.25) is 0 Å². The molecule has 0 aliphatic rings. The van der Waals surface area contributed by atoms with Gasteiger partial charge in [0.2, 0.25) is 0 Å². The Kier molecular flexibility index (Phi) is 4.90. The van der Waals surface area contributed by atoms with E-state index in [2.05, 4.69) is 0 Å². The van der Waals surface area contributed by atoms with E-state index < -0.39 is 0 Å². The lowest BCUT2D eigenvalue weighted by molar-refractivity contribution is 0.317. The molecule has 3 heteroatoms. The monoisotopic (exact) mass is 133 g/mol. The molecule has 0 saturated heterocycles. The molecule has 0 saturated carbocycles. The van der Waals surface area contributed by atoms with E-state index in [-0.39, 0.29) is 0 Å². The van der Waals surface area contributed by atoms with Gasteiger partial charge in [0, 0.05) is 13.0 Å². The highest BCUT2D eigenvalue weighted by Crippen LogP contribution is 1.85. The second-order valence-electron chi connectivity index (χ2n) is 1.36. The van der Waals surface area contributed by atoms with Crippen molar-refractivity contribution in [3.63, 3.8) is 0 Å². The molecule has 0 rings (SSSR count). The van der Waals surface area contributed by atoms with Crippen LogP contribution in [0.1, 0.15) is 13.3 Å². The molecule has 0 unspecified atom stereocenters. The Morgan fingerprint density at radius 2 is 2.38 bits per heavy atom. The van der Waals surface area contributed by atoms with Crippen LogP contribution in [-0.4, -0.2) is 18.2 Å². The number of rotatable bonds is 3. The van der Waals surface area contributed by atoms with Crippen molar-refractivity contribution in [2.75, 3.05) is 13.2 Å². The highest BCUT2D eigenvalue weighted by molar-refractivity contribution is 7.80. The van der Waals surface area contributed by atoms with Crippen molar-refractivity contribution < 1.29 is 4.74 Å². The average molecular weight is 133 g/mol. The average Bonchev–Trinajstić information content (AvgIpc) is 1.83. The molecule has 48 valence electrons. The van der Waals surface area contributed by atoms with Crippen molar-refractivity contribution in [1.29, 1.82) is 0 Å². The van der Waals surface area contributed by atoms with Gasteiger partial charge >= 0.3 is 0 Å². The van der Waals surface area contributed by atoms with Crippen LogP contribution in [0.25, 0.3) is 0 Å². The van der Waals surface area contributed by atoms with Crippen LogP contribution in [0.15, 0.2) is 0 Å². The minimum Gasteiger partial charge on any atom is -0.486 e. The fraction of sp³-hybridized carbons (Fsp3) is 0.800. The summed E-state index contributed by atoms with van der Waals surface area (Å²) < 4.78 is 4.95. The van der Waals surface area contributed by atoms with Crippen molar-refractivity contribution in [2.45, 2.75) is 13.3 Å². The summed E-state index contributed by atoms with van der Waals surface area (Å²) >= 11 is 4.74. The van der Waals surface area contributed by atoms with E-state index in [4.69, 9.17) is 22.7 Å². The summed E-state index contributed by atoms with van der Waals surface area (Å²) in [7, 11) is 0. The highest BCUT2D eigenvalue weighted by Gasteiger charge is 1.88. The number of hydrogen-bond acceptors (Lipinski definition) is 3. The van der Waals surface area contributed by atoms with Gasteiger partial charge in [0.25, 0.3) is 0 Å². The molecule has 0 fully saturated rings. The van der Waals surface area contributed by atoms with Gasteiger partial charge in [-0.25, -0.2) is 0 Å². The molecule has 0 atom stereocenters. The van der Waals surface area contributed by atoms with E-state index in [9.17, 15) is 0 Å². The Morgan fingerprint density at radius 1 is 1.75 bits per heavy atom. The first-order valence-electron chi connectivity index (χ1n) is 2.67. The first kappa shape index (κ1) is 7.85.